The van der Waals surface area contributed by atoms with Crippen molar-refractivity contribution in [2.75, 3.05) is 112 Å². The first-order chi connectivity index (χ1) is 21.2. The number of carboxylic acids is 1. The molecule has 44 heavy (non-hydrogen) atoms. The van der Waals surface area contributed by atoms with Gasteiger partial charge >= 0.3 is 5.97 Å². The van der Waals surface area contributed by atoms with Crippen molar-refractivity contribution in [1.29, 1.82) is 0 Å². The Morgan fingerprint density at radius 3 is 1.25 bits per heavy atom. The number of hydrogen-bond acceptors (Lipinski definition) is 12. The van der Waals surface area contributed by atoms with Crippen molar-refractivity contribution in [1.82, 2.24) is 10.6 Å². The van der Waals surface area contributed by atoms with Gasteiger partial charge in [0.1, 0.15) is 11.8 Å². The van der Waals surface area contributed by atoms with Gasteiger partial charge in [0.25, 0.3) is 0 Å². The summed E-state index contributed by atoms with van der Waals surface area (Å²) < 4.78 is 43.4. The van der Waals surface area contributed by atoms with Gasteiger partial charge in [0, 0.05) is 31.3 Å². The van der Waals surface area contributed by atoms with Crippen LogP contribution in [0.1, 0.15) is 47.0 Å². The van der Waals surface area contributed by atoms with Crippen LogP contribution in [0.25, 0.3) is 0 Å². The van der Waals surface area contributed by atoms with Crippen LogP contribution in [0.3, 0.4) is 0 Å². The molecule has 0 bridgehead atoms. The smallest absolute Gasteiger partial charge is 0.320 e. The van der Waals surface area contributed by atoms with E-state index in [-0.39, 0.29) is 36.5 Å². The fraction of sp³-hybridized carbons (Fsp3) is 0.900. The summed E-state index contributed by atoms with van der Waals surface area (Å²) in [7, 11) is 0. The number of rotatable bonds is 34. The van der Waals surface area contributed by atoms with Crippen LogP contribution in [-0.4, -0.2) is 147 Å². The Labute approximate surface area is 263 Å². The highest BCUT2D eigenvalue weighted by atomic mass is 16.6. The molecule has 0 aliphatic heterocycles. The normalized spacial score (nSPS) is 12.2. The molecule has 3 N–H and O–H groups in total. The summed E-state index contributed by atoms with van der Waals surface area (Å²) in [5.74, 6) is -0.900. The molecule has 1 amide bonds. The highest BCUT2D eigenvalue weighted by Gasteiger charge is 2.19. The number of carbonyl (C=O) groups is 3. The zero-order chi connectivity index (χ0) is 32.7. The van der Waals surface area contributed by atoms with Crippen LogP contribution >= 0.6 is 0 Å². The first kappa shape index (κ1) is 42.2. The van der Waals surface area contributed by atoms with E-state index < -0.39 is 12.0 Å². The molecule has 0 aromatic rings. The molecule has 0 heterocycles. The molecule has 0 aliphatic carbocycles. The van der Waals surface area contributed by atoms with Crippen LogP contribution in [0.2, 0.25) is 0 Å². The lowest BCUT2D eigenvalue weighted by Crippen LogP contribution is -2.41. The number of hydrogen-bond donors (Lipinski definition) is 3. The lowest BCUT2D eigenvalue weighted by atomic mass is 10.1. The summed E-state index contributed by atoms with van der Waals surface area (Å²) in [6.45, 7) is 15.1. The predicted octanol–water partition coefficient (Wildman–Crippen LogP) is 1.08. The zero-order valence-corrected chi connectivity index (χ0v) is 27.3. The minimum absolute atomic E-state index is 0.0281. The molecule has 0 fully saturated rings. The summed E-state index contributed by atoms with van der Waals surface area (Å²) in [6.07, 6.45) is 0.809. The van der Waals surface area contributed by atoms with E-state index in [1.165, 1.54) is 0 Å². The van der Waals surface area contributed by atoms with Gasteiger partial charge in [0.05, 0.1) is 106 Å². The average molecular weight is 639 g/mol. The third kappa shape index (κ3) is 30.3. The second-order valence-corrected chi connectivity index (χ2v) is 10.4. The lowest BCUT2D eigenvalue weighted by Gasteiger charge is -2.16. The van der Waals surface area contributed by atoms with Gasteiger partial charge in [-0.15, -0.1) is 0 Å². The third-order valence-corrected chi connectivity index (χ3v) is 5.80. The number of ether oxygens (including phenoxy) is 8. The van der Waals surface area contributed by atoms with Crippen LogP contribution in [0, 0.1) is 5.92 Å². The van der Waals surface area contributed by atoms with Crippen molar-refractivity contribution in [3.05, 3.63) is 0 Å². The molecule has 0 saturated heterocycles. The lowest BCUT2D eigenvalue weighted by molar-refractivity contribution is -0.140. The van der Waals surface area contributed by atoms with Gasteiger partial charge in [-0.1, -0.05) is 27.7 Å². The number of ketones is 1. The highest BCUT2D eigenvalue weighted by Crippen LogP contribution is 2.00. The van der Waals surface area contributed by atoms with Crippen molar-refractivity contribution in [3.8, 4) is 0 Å². The zero-order valence-electron chi connectivity index (χ0n) is 27.3. The summed E-state index contributed by atoms with van der Waals surface area (Å²) in [5, 5.41) is 14.8. The first-order valence-corrected chi connectivity index (χ1v) is 15.6. The van der Waals surface area contributed by atoms with Crippen LogP contribution < -0.4 is 10.6 Å². The Kier molecular flexibility index (Phi) is 30.0. The highest BCUT2D eigenvalue weighted by molar-refractivity contribution is 5.80. The molecule has 0 saturated carbocycles. The predicted molar refractivity (Wildman–Crippen MR) is 163 cm³/mol. The maximum Gasteiger partial charge on any atom is 0.320 e. The molecule has 0 aliphatic rings. The Morgan fingerprint density at radius 1 is 0.545 bits per heavy atom. The van der Waals surface area contributed by atoms with E-state index in [2.05, 4.69) is 10.6 Å². The Morgan fingerprint density at radius 2 is 0.909 bits per heavy atom. The average Bonchev–Trinajstić information content (AvgIpc) is 2.98. The Balaban J connectivity index is 3.25. The number of aliphatic carboxylic acids is 1. The summed E-state index contributed by atoms with van der Waals surface area (Å²) in [5.41, 5.74) is 0. The minimum Gasteiger partial charge on any atom is -0.480 e. The van der Waals surface area contributed by atoms with Crippen LogP contribution in [-0.2, 0) is 52.3 Å². The van der Waals surface area contributed by atoms with E-state index in [9.17, 15) is 19.5 Å². The quantitative estimate of drug-likeness (QED) is 0.0857. The number of carboxylic acid groups (broad SMARTS) is 1. The van der Waals surface area contributed by atoms with Crippen molar-refractivity contribution in [2.24, 2.45) is 5.92 Å². The van der Waals surface area contributed by atoms with Crippen molar-refractivity contribution >= 4 is 17.7 Å². The number of Topliss-reactive ketones (excluding diaryl/α,β-unsaturated/α-hetero) is 1. The second kappa shape index (κ2) is 31.2. The number of carbonyl (C=O) groups excluding carboxylic acids is 2. The van der Waals surface area contributed by atoms with Gasteiger partial charge in [-0.3, -0.25) is 14.4 Å². The molecule has 0 radical (unpaired) electrons. The van der Waals surface area contributed by atoms with Gasteiger partial charge in [-0.2, -0.15) is 0 Å². The fourth-order valence-electron chi connectivity index (χ4n) is 3.41. The molecular formula is C30H58N2O12. The van der Waals surface area contributed by atoms with Crippen LogP contribution in [0.4, 0.5) is 0 Å². The molecule has 14 heteroatoms. The summed E-state index contributed by atoms with van der Waals surface area (Å²) in [4.78, 5) is 34.5. The van der Waals surface area contributed by atoms with E-state index in [1.807, 2.05) is 27.7 Å². The Bertz CT molecular complexity index is 697. The van der Waals surface area contributed by atoms with Crippen LogP contribution in [0.5, 0.6) is 0 Å². The Hall–Kier alpha value is -1.75. The molecule has 0 rings (SSSR count). The monoisotopic (exact) mass is 638 g/mol. The summed E-state index contributed by atoms with van der Waals surface area (Å²) >= 11 is 0. The minimum atomic E-state index is -0.958. The molecule has 0 spiro atoms. The van der Waals surface area contributed by atoms with E-state index in [0.717, 1.165) is 0 Å². The van der Waals surface area contributed by atoms with Crippen molar-refractivity contribution in [3.63, 3.8) is 0 Å². The van der Waals surface area contributed by atoms with E-state index >= 15 is 0 Å². The van der Waals surface area contributed by atoms with Gasteiger partial charge in [0.15, 0.2) is 0 Å². The molecular weight excluding hydrogens is 580 g/mol. The maximum atomic E-state index is 11.9. The second-order valence-electron chi connectivity index (χ2n) is 10.4. The van der Waals surface area contributed by atoms with Gasteiger partial charge < -0.3 is 53.6 Å². The molecule has 14 nitrogen and oxygen atoms in total. The molecule has 260 valence electrons. The number of nitrogens with one attached hydrogen (secondary N) is 2. The maximum absolute atomic E-state index is 11.9. The number of amides is 1. The molecule has 0 aromatic heterocycles. The van der Waals surface area contributed by atoms with Gasteiger partial charge in [-0.25, -0.2) is 0 Å². The summed E-state index contributed by atoms with van der Waals surface area (Å²) in [6, 6.07) is -0.710. The molecule has 1 atom stereocenters. The first-order valence-electron chi connectivity index (χ1n) is 15.6. The third-order valence-electron chi connectivity index (χ3n) is 5.80. The standard InChI is InChI=1S/C30H58N2O12/c1-25(2)28(33)7-9-37-11-13-39-15-17-41-19-21-43-23-24-44-22-20-42-18-16-40-14-12-38-10-8-31-29(34)6-5-27(30(35)36)32-26(3)4/h25-27,32H,5-24H2,1-4H3,(H,31,34)(H,35,36)/t27-/m0/s1. The molecule has 0 unspecified atom stereocenters. The van der Waals surface area contributed by atoms with E-state index in [1.54, 1.807) is 0 Å². The van der Waals surface area contributed by atoms with E-state index in [4.69, 9.17) is 37.9 Å². The van der Waals surface area contributed by atoms with E-state index in [0.29, 0.717) is 119 Å². The largest absolute Gasteiger partial charge is 0.480 e. The van der Waals surface area contributed by atoms with Crippen LogP contribution in [0.15, 0.2) is 0 Å². The molecule has 0 aromatic carbocycles. The van der Waals surface area contributed by atoms with Gasteiger partial charge in [-0.05, 0) is 6.42 Å². The van der Waals surface area contributed by atoms with Crippen molar-refractivity contribution in [2.45, 2.75) is 59.0 Å². The van der Waals surface area contributed by atoms with Crippen molar-refractivity contribution < 1.29 is 57.4 Å². The SMILES string of the molecule is CC(C)N[C@@H](CCC(=O)NCCOCCOCCOCCOCCOCCOCCOCCOCCC(=O)C(C)C)C(=O)O. The van der Waals surface area contributed by atoms with Gasteiger partial charge in [0.2, 0.25) is 5.91 Å². The fourth-order valence-corrected chi connectivity index (χ4v) is 3.41. The topological polar surface area (TPSA) is 169 Å².